The standard InChI is InChI=1S/C6H10N4OS2/c1-4(5(7)10-11)2-12-6-8-3-9-13-6/h3-4,11H,2H2,1H3,(H2,7,10). The van der Waals surface area contributed by atoms with Crippen LogP contribution < -0.4 is 5.73 Å². The second-order valence-electron chi connectivity index (χ2n) is 2.44. The molecular formula is C6H10N4OS2. The number of oxime groups is 1. The Morgan fingerprint density at radius 2 is 2.69 bits per heavy atom. The van der Waals surface area contributed by atoms with Crippen LogP contribution in [-0.4, -0.2) is 26.2 Å². The molecule has 0 aliphatic heterocycles. The van der Waals surface area contributed by atoms with E-state index in [1.165, 1.54) is 17.9 Å². The maximum atomic E-state index is 8.39. The minimum atomic E-state index is 0.0406. The first kappa shape index (κ1) is 10.3. The molecule has 1 aromatic rings. The summed E-state index contributed by atoms with van der Waals surface area (Å²) in [4.78, 5) is 4.00. The molecule has 0 radical (unpaired) electrons. The van der Waals surface area contributed by atoms with Crippen LogP contribution >= 0.6 is 23.3 Å². The van der Waals surface area contributed by atoms with Crippen molar-refractivity contribution < 1.29 is 5.21 Å². The molecule has 0 spiro atoms. The molecule has 72 valence electrons. The predicted molar refractivity (Wildman–Crippen MR) is 53.2 cm³/mol. The highest BCUT2D eigenvalue weighted by Crippen LogP contribution is 2.20. The monoisotopic (exact) mass is 218 g/mol. The van der Waals surface area contributed by atoms with E-state index in [0.717, 1.165) is 10.1 Å². The molecule has 13 heavy (non-hydrogen) atoms. The Morgan fingerprint density at radius 1 is 1.92 bits per heavy atom. The molecule has 0 saturated carbocycles. The number of aromatic nitrogens is 2. The van der Waals surface area contributed by atoms with Gasteiger partial charge in [-0.25, -0.2) is 4.98 Å². The number of nitrogens with zero attached hydrogens (tertiary/aromatic N) is 3. The van der Waals surface area contributed by atoms with Crippen molar-refractivity contribution in [2.75, 3.05) is 5.75 Å². The molecule has 0 aliphatic carbocycles. The van der Waals surface area contributed by atoms with E-state index < -0.39 is 0 Å². The zero-order valence-electron chi connectivity index (χ0n) is 7.04. The van der Waals surface area contributed by atoms with Crippen molar-refractivity contribution in [2.45, 2.75) is 11.3 Å². The normalized spacial score (nSPS) is 14.4. The van der Waals surface area contributed by atoms with Crippen LogP contribution in [0.25, 0.3) is 0 Å². The SMILES string of the molecule is CC(CSc1ncns1)C(N)=NO. The Hall–Kier alpha value is -0.820. The minimum absolute atomic E-state index is 0.0406. The average molecular weight is 218 g/mol. The highest BCUT2D eigenvalue weighted by molar-refractivity contribution is 8.00. The Balaban J connectivity index is 2.35. The van der Waals surface area contributed by atoms with Crippen LogP contribution in [-0.2, 0) is 0 Å². The number of amidine groups is 1. The Labute approximate surface area is 84.2 Å². The first-order valence-electron chi connectivity index (χ1n) is 3.61. The quantitative estimate of drug-likeness (QED) is 0.259. The summed E-state index contributed by atoms with van der Waals surface area (Å²) in [6.07, 6.45) is 1.52. The van der Waals surface area contributed by atoms with Crippen LogP contribution in [0.3, 0.4) is 0 Å². The molecule has 1 heterocycles. The summed E-state index contributed by atoms with van der Waals surface area (Å²) >= 11 is 2.89. The fraction of sp³-hybridized carbons (Fsp3) is 0.500. The van der Waals surface area contributed by atoms with Gasteiger partial charge in [-0.1, -0.05) is 23.8 Å². The lowest BCUT2D eigenvalue weighted by Crippen LogP contribution is -2.22. The molecule has 1 aromatic heterocycles. The highest BCUT2D eigenvalue weighted by atomic mass is 32.2. The van der Waals surface area contributed by atoms with Gasteiger partial charge < -0.3 is 10.9 Å². The Kier molecular flexibility index (Phi) is 3.97. The largest absolute Gasteiger partial charge is 0.409 e. The smallest absolute Gasteiger partial charge is 0.169 e. The van der Waals surface area contributed by atoms with Gasteiger partial charge in [0.05, 0.1) is 0 Å². The Morgan fingerprint density at radius 3 is 3.23 bits per heavy atom. The predicted octanol–water partition coefficient (Wildman–Crippen LogP) is 1.01. The van der Waals surface area contributed by atoms with Crippen molar-refractivity contribution >= 4 is 29.1 Å². The fourth-order valence-corrected chi connectivity index (χ4v) is 2.11. The van der Waals surface area contributed by atoms with Crippen molar-refractivity contribution in [3.05, 3.63) is 6.33 Å². The summed E-state index contributed by atoms with van der Waals surface area (Å²) < 4.78 is 4.76. The number of nitrogens with two attached hydrogens (primary N) is 1. The van der Waals surface area contributed by atoms with Crippen LogP contribution in [0, 0.1) is 5.92 Å². The maximum absolute atomic E-state index is 8.39. The minimum Gasteiger partial charge on any atom is -0.409 e. The van der Waals surface area contributed by atoms with Crippen LogP contribution in [0.5, 0.6) is 0 Å². The van der Waals surface area contributed by atoms with E-state index in [2.05, 4.69) is 14.5 Å². The zero-order valence-corrected chi connectivity index (χ0v) is 8.68. The summed E-state index contributed by atoms with van der Waals surface area (Å²) in [7, 11) is 0. The number of hydrogen-bond donors (Lipinski definition) is 2. The van der Waals surface area contributed by atoms with Crippen molar-refractivity contribution in [1.29, 1.82) is 0 Å². The summed E-state index contributed by atoms with van der Waals surface area (Å²) in [6.45, 7) is 1.89. The van der Waals surface area contributed by atoms with Crippen LogP contribution in [0.15, 0.2) is 15.8 Å². The van der Waals surface area contributed by atoms with Crippen LogP contribution in [0.4, 0.5) is 0 Å². The summed E-state index contributed by atoms with van der Waals surface area (Å²) in [5.41, 5.74) is 5.41. The van der Waals surface area contributed by atoms with Crippen molar-refractivity contribution in [3.8, 4) is 0 Å². The van der Waals surface area contributed by atoms with E-state index in [4.69, 9.17) is 10.9 Å². The van der Waals surface area contributed by atoms with Gasteiger partial charge in [0.2, 0.25) is 0 Å². The average Bonchev–Trinajstić information content (AvgIpc) is 2.65. The topological polar surface area (TPSA) is 84.4 Å². The second kappa shape index (κ2) is 5.03. The molecule has 1 unspecified atom stereocenters. The van der Waals surface area contributed by atoms with Gasteiger partial charge in [0, 0.05) is 11.7 Å². The third-order valence-electron chi connectivity index (χ3n) is 1.42. The van der Waals surface area contributed by atoms with E-state index >= 15 is 0 Å². The zero-order chi connectivity index (χ0) is 9.68. The molecule has 7 heteroatoms. The fourth-order valence-electron chi connectivity index (χ4n) is 0.607. The second-order valence-corrected chi connectivity index (χ2v) is 4.49. The molecule has 5 nitrogen and oxygen atoms in total. The number of rotatable bonds is 4. The first-order valence-corrected chi connectivity index (χ1v) is 5.37. The van der Waals surface area contributed by atoms with Gasteiger partial charge in [0.25, 0.3) is 0 Å². The lowest BCUT2D eigenvalue weighted by molar-refractivity contribution is 0.315. The summed E-state index contributed by atoms with van der Waals surface area (Å²) in [5, 5.41) is 11.3. The summed E-state index contributed by atoms with van der Waals surface area (Å²) in [6, 6.07) is 0. The van der Waals surface area contributed by atoms with Gasteiger partial charge in [-0.05, 0) is 11.5 Å². The van der Waals surface area contributed by atoms with Crippen LogP contribution in [0.1, 0.15) is 6.92 Å². The molecule has 0 saturated heterocycles. The van der Waals surface area contributed by atoms with E-state index in [1.807, 2.05) is 6.92 Å². The first-order chi connectivity index (χ1) is 6.24. The van der Waals surface area contributed by atoms with E-state index in [-0.39, 0.29) is 11.8 Å². The van der Waals surface area contributed by atoms with Gasteiger partial charge in [-0.2, -0.15) is 4.37 Å². The molecule has 3 N–H and O–H groups in total. The molecule has 0 amide bonds. The molecule has 0 bridgehead atoms. The molecule has 1 rings (SSSR count). The van der Waals surface area contributed by atoms with Crippen molar-refractivity contribution in [1.82, 2.24) is 9.36 Å². The maximum Gasteiger partial charge on any atom is 0.169 e. The highest BCUT2D eigenvalue weighted by Gasteiger charge is 2.09. The lowest BCUT2D eigenvalue weighted by Gasteiger charge is -2.06. The lowest BCUT2D eigenvalue weighted by atomic mass is 10.2. The molecule has 1 atom stereocenters. The van der Waals surface area contributed by atoms with Gasteiger partial charge in [0.1, 0.15) is 12.2 Å². The molecule has 0 aliphatic rings. The third-order valence-corrected chi connectivity index (χ3v) is 3.48. The van der Waals surface area contributed by atoms with Gasteiger partial charge >= 0.3 is 0 Å². The van der Waals surface area contributed by atoms with Crippen molar-refractivity contribution in [2.24, 2.45) is 16.8 Å². The summed E-state index contributed by atoms with van der Waals surface area (Å²) in [5.74, 6) is 1.03. The van der Waals surface area contributed by atoms with E-state index in [9.17, 15) is 0 Å². The number of hydrogen-bond acceptors (Lipinski definition) is 6. The Bertz CT molecular complexity index is 274. The van der Waals surface area contributed by atoms with Gasteiger partial charge in [-0.3, -0.25) is 0 Å². The van der Waals surface area contributed by atoms with E-state index in [0.29, 0.717) is 0 Å². The molecular weight excluding hydrogens is 208 g/mol. The van der Waals surface area contributed by atoms with Crippen LogP contribution in [0.2, 0.25) is 0 Å². The van der Waals surface area contributed by atoms with Crippen molar-refractivity contribution in [3.63, 3.8) is 0 Å². The van der Waals surface area contributed by atoms with E-state index in [1.54, 1.807) is 11.8 Å². The number of thioether (sulfide) groups is 1. The molecule has 0 fully saturated rings. The van der Waals surface area contributed by atoms with Gasteiger partial charge in [-0.15, -0.1) is 0 Å². The molecule has 0 aromatic carbocycles. The van der Waals surface area contributed by atoms with Gasteiger partial charge in [0.15, 0.2) is 4.34 Å². The third kappa shape index (κ3) is 3.19.